The molecule has 1 aliphatic rings. The van der Waals surface area contributed by atoms with E-state index in [0.29, 0.717) is 30.0 Å². The van der Waals surface area contributed by atoms with Crippen molar-refractivity contribution in [1.82, 2.24) is 19.8 Å². The van der Waals surface area contributed by atoms with Crippen LogP contribution in [0.5, 0.6) is 11.6 Å². The number of halogens is 3. The van der Waals surface area contributed by atoms with E-state index in [1.807, 2.05) is 4.90 Å². The molecule has 0 atom stereocenters. The van der Waals surface area contributed by atoms with Crippen LogP contribution >= 0.6 is 0 Å². The maximum atomic E-state index is 12.8. The summed E-state index contributed by atoms with van der Waals surface area (Å²) in [6, 6.07) is 10.6. The highest BCUT2D eigenvalue weighted by molar-refractivity contribution is 5.95. The smallest absolute Gasteiger partial charge is 0.417 e. The first-order chi connectivity index (χ1) is 14.8. The first-order valence-corrected chi connectivity index (χ1v) is 9.97. The van der Waals surface area contributed by atoms with Crippen LogP contribution in [-0.2, 0) is 6.18 Å². The van der Waals surface area contributed by atoms with Crippen molar-refractivity contribution in [3.63, 3.8) is 0 Å². The molecule has 1 fully saturated rings. The number of nitrogens with zero attached hydrogens (tertiary/aromatic N) is 4. The van der Waals surface area contributed by atoms with E-state index in [9.17, 15) is 18.0 Å². The molecule has 1 saturated heterocycles. The number of benzene rings is 1. The van der Waals surface area contributed by atoms with Gasteiger partial charge in [0.15, 0.2) is 0 Å². The lowest BCUT2D eigenvalue weighted by Gasteiger charge is -2.33. The predicted molar refractivity (Wildman–Crippen MR) is 109 cm³/mol. The number of likely N-dealkylation sites (N-methyl/N-ethyl adjacent to an activating group) is 1. The van der Waals surface area contributed by atoms with Crippen molar-refractivity contribution in [3.05, 3.63) is 59.9 Å². The summed E-state index contributed by atoms with van der Waals surface area (Å²) in [5, 5.41) is 0.747. The Kier molecular flexibility index (Phi) is 5.77. The molecule has 0 bridgehead atoms. The third-order valence-electron chi connectivity index (χ3n) is 5.27. The molecular formula is C22H21F3N4O2. The zero-order valence-electron chi connectivity index (χ0n) is 16.9. The summed E-state index contributed by atoms with van der Waals surface area (Å²) in [6.45, 7) is 6.15. The third kappa shape index (κ3) is 4.77. The van der Waals surface area contributed by atoms with Crippen LogP contribution in [0.4, 0.5) is 13.2 Å². The fourth-order valence-corrected chi connectivity index (χ4v) is 3.44. The van der Waals surface area contributed by atoms with Crippen molar-refractivity contribution < 1.29 is 22.7 Å². The van der Waals surface area contributed by atoms with Crippen molar-refractivity contribution in [1.29, 1.82) is 0 Å². The Morgan fingerprint density at radius 3 is 2.48 bits per heavy atom. The molecule has 6 nitrogen and oxygen atoms in total. The molecule has 1 amide bonds. The van der Waals surface area contributed by atoms with Gasteiger partial charge in [0.1, 0.15) is 11.4 Å². The van der Waals surface area contributed by atoms with Crippen molar-refractivity contribution in [2.24, 2.45) is 0 Å². The van der Waals surface area contributed by atoms with E-state index in [4.69, 9.17) is 4.74 Å². The van der Waals surface area contributed by atoms with Gasteiger partial charge < -0.3 is 14.5 Å². The van der Waals surface area contributed by atoms with Crippen LogP contribution < -0.4 is 4.74 Å². The van der Waals surface area contributed by atoms with Crippen molar-refractivity contribution in [2.45, 2.75) is 13.1 Å². The average Bonchev–Trinajstić information content (AvgIpc) is 2.78. The number of hydrogen-bond acceptors (Lipinski definition) is 5. The highest BCUT2D eigenvalue weighted by Crippen LogP contribution is 2.30. The lowest BCUT2D eigenvalue weighted by atomic mass is 10.1. The highest BCUT2D eigenvalue weighted by Gasteiger charge is 2.30. The molecule has 0 spiro atoms. The van der Waals surface area contributed by atoms with Gasteiger partial charge in [0.2, 0.25) is 5.88 Å². The van der Waals surface area contributed by atoms with Crippen LogP contribution in [-0.4, -0.2) is 58.4 Å². The Balaban J connectivity index is 1.47. The van der Waals surface area contributed by atoms with Gasteiger partial charge in [-0.2, -0.15) is 13.2 Å². The zero-order chi connectivity index (χ0) is 22.0. The molecule has 0 saturated carbocycles. The number of pyridine rings is 2. The molecule has 2 aromatic heterocycles. The molecule has 0 N–H and O–H groups in total. The largest absolute Gasteiger partial charge is 0.439 e. The predicted octanol–water partition coefficient (Wildman–Crippen LogP) is 4.22. The minimum atomic E-state index is -4.45. The number of carbonyl (C=O) groups is 1. The normalized spacial score (nSPS) is 15.3. The van der Waals surface area contributed by atoms with Gasteiger partial charge in [-0.1, -0.05) is 13.0 Å². The second-order valence-corrected chi connectivity index (χ2v) is 7.26. The Hall–Kier alpha value is -3.20. The molecule has 0 radical (unpaired) electrons. The van der Waals surface area contributed by atoms with E-state index in [1.165, 1.54) is 6.07 Å². The van der Waals surface area contributed by atoms with Crippen LogP contribution in [0.15, 0.2) is 48.7 Å². The zero-order valence-corrected chi connectivity index (χ0v) is 16.9. The summed E-state index contributed by atoms with van der Waals surface area (Å²) >= 11 is 0. The summed E-state index contributed by atoms with van der Waals surface area (Å²) in [5.74, 6) is 0.376. The Bertz CT molecular complexity index is 1080. The molecule has 0 aliphatic carbocycles. The van der Waals surface area contributed by atoms with Crippen molar-refractivity contribution in [3.8, 4) is 11.6 Å². The van der Waals surface area contributed by atoms with Crippen molar-refractivity contribution >= 4 is 16.8 Å². The minimum Gasteiger partial charge on any atom is -0.439 e. The Labute approximate surface area is 177 Å². The lowest BCUT2D eigenvalue weighted by molar-refractivity contribution is -0.137. The molecule has 31 heavy (non-hydrogen) atoms. The Morgan fingerprint density at radius 1 is 1.06 bits per heavy atom. The minimum absolute atomic E-state index is 0.0540. The maximum Gasteiger partial charge on any atom is 0.417 e. The second-order valence-electron chi connectivity index (χ2n) is 7.26. The van der Waals surface area contributed by atoms with Gasteiger partial charge in [-0.05, 0) is 36.9 Å². The van der Waals surface area contributed by atoms with Gasteiger partial charge in [-0.25, -0.2) is 9.97 Å². The number of alkyl halides is 3. The van der Waals surface area contributed by atoms with E-state index in [1.54, 1.807) is 30.3 Å². The van der Waals surface area contributed by atoms with Gasteiger partial charge in [-0.15, -0.1) is 0 Å². The van der Waals surface area contributed by atoms with Crippen LogP contribution in [0.2, 0.25) is 0 Å². The van der Waals surface area contributed by atoms with E-state index >= 15 is 0 Å². The number of aromatic nitrogens is 2. The van der Waals surface area contributed by atoms with Crippen LogP contribution in [0.25, 0.3) is 10.9 Å². The lowest BCUT2D eigenvalue weighted by Crippen LogP contribution is -2.48. The fraction of sp³-hybridized carbons (Fsp3) is 0.318. The number of rotatable bonds is 4. The third-order valence-corrected chi connectivity index (χ3v) is 5.27. The summed E-state index contributed by atoms with van der Waals surface area (Å²) in [7, 11) is 0. The Morgan fingerprint density at radius 2 is 1.84 bits per heavy atom. The van der Waals surface area contributed by atoms with E-state index < -0.39 is 11.7 Å². The quantitative estimate of drug-likeness (QED) is 0.620. The van der Waals surface area contributed by atoms with Crippen LogP contribution in [0.1, 0.15) is 23.0 Å². The molecule has 4 rings (SSSR count). The molecular weight excluding hydrogens is 409 g/mol. The van der Waals surface area contributed by atoms with Crippen LogP contribution in [0, 0.1) is 0 Å². The first-order valence-electron chi connectivity index (χ1n) is 9.97. The molecule has 9 heteroatoms. The number of ether oxygens (including phenoxy) is 1. The molecule has 3 heterocycles. The van der Waals surface area contributed by atoms with Crippen molar-refractivity contribution in [2.75, 3.05) is 32.7 Å². The summed E-state index contributed by atoms with van der Waals surface area (Å²) in [5.41, 5.74) is 0.178. The van der Waals surface area contributed by atoms with Crippen LogP contribution in [0.3, 0.4) is 0 Å². The van der Waals surface area contributed by atoms with Gasteiger partial charge in [-0.3, -0.25) is 4.79 Å². The summed E-state index contributed by atoms with van der Waals surface area (Å²) in [4.78, 5) is 25.1. The van der Waals surface area contributed by atoms with Gasteiger partial charge >= 0.3 is 6.18 Å². The monoisotopic (exact) mass is 430 g/mol. The highest BCUT2D eigenvalue weighted by atomic mass is 19.4. The summed E-state index contributed by atoms with van der Waals surface area (Å²) in [6.07, 6.45) is -3.71. The molecule has 1 aromatic carbocycles. The van der Waals surface area contributed by atoms with E-state index in [-0.39, 0.29) is 11.8 Å². The summed E-state index contributed by atoms with van der Waals surface area (Å²) < 4.78 is 43.5. The number of piperazine rings is 1. The van der Waals surface area contributed by atoms with Gasteiger partial charge in [0.05, 0.1) is 11.1 Å². The standard InChI is InChI=1S/C22H21F3N4O2/c1-2-28-9-11-29(12-10-28)21(30)19-6-3-15-13-17(5-7-18(15)27-19)31-20-8-4-16(14-26-20)22(23,24)25/h3-8,13-14H,2,9-12H2,1H3. The second kappa shape index (κ2) is 8.50. The molecule has 1 aliphatic heterocycles. The molecule has 0 unspecified atom stereocenters. The number of fused-ring (bicyclic) bond motifs is 1. The first kappa shape index (κ1) is 21.0. The topological polar surface area (TPSA) is 58.6 Å². The van der Waals surface area contributed by atoms with E-state index in [2.05, 4.69) is 21.8 Å². The fourth-order valence-electron chi connectivity index (χ4n) is 3.44. The van der Waals surface area contributed by atoms with Gasteiger partial charge in [0.25, 0.3) is 5.91 Å². The maximum absolute atomic E-state index is 12.8. The molecule has 3 aromatic rings. The molecule has 162 valence electrons. The van der Waals surface area contributed by atoms with Gasteiger partial charge in [0, 0.05) is 43.8 Å². The number of hydrogen-bond donors (Lipinski definition) is 0. The number of carbonyl (C=O) groups excluding carboxylic acids is 1. The number of amides is 1. The van der Waals surface area contributed by atoms with E-state index in [0.717, 1.165) is 37.3 Å². The average molecular weight is 430 g/mol. The SMILES string of the molecule is CCN1CCN(C(=O)c2ccc3cc(Oc4ccc(C(F)(F)F)cn4)ccc3n2)CC1.